The highest BCUT2D eigenvalue weighted by atomic mass is 32.2. The van der Waals surface area contributed by atoms with Crippen LogP contribution in [0.1, 0.15) is 27.7 Å². The minimum Gasteiger partial charge on any atom is -0.444 e. The van der Waals surface area contributed by atoms with Crippen LogP contribution in [0.3, 0.4) is 0 Å². The Labute approximate surface area is 89.3 Å². The summed E-state index contributed by atoms with van der Waals surface area (Å²) in [5, 5.41) is 4.84. The molecule has 0 aliphatic carbocycles. The predicted octanol–water partition coefficient (Wildman–Crippen LogP) is 2.53. The van der Waals surface area contributed by atoms with Gasteiger partial charge in [-0.2, -0.15) is 0 Å². The first-order valence-corrected chi connectivity index (χ1v) is 5.66. The van der Waals surface area contributed by atoms with Gasteiger partial charge in [-0.05, 0) is 33.1 Å². The predicted molar refractivity (Wildman–Crippen MR) is 59.4 cm³/mol. The van der Waals surface area contributed by atoms with Gasteiger partial charge < -0.3 is 10.1 Å². The van der Waals surface area contributed by atoms with Crippen LogP contribution in [-0.2, 0) is 4.74 Å². The van der Waals surface area contributed by atoms with Gasteiger partial charge in [-0.1, -0.05) is 6.08 Å². The number of thioether (sulfide) groups is 1. The van der Waals surface area contributed by atoms with Crippen LogP contribution in [0.4, 0.5) is 4.79 Å². The van der Waals surface area contributed by atoms with Crippen molar-refractivity contribution in [3.8, 4) is 0 Å². The molecule has 1 rings (SSSR count). The van der Waals surface area contributed by atoms with Crippen molar-refractivity contribution in [1.82, 2.24) is 5.32 Å². The molecular weight excluding hydrogens is 198 g/mol. The van der Waals surface area contributed by atoms with E-state index in [-0.39, 0.29) is 11.6 Å². The van der Waals surface area contributed by atoms with Crippen LogP contribution in [0.15, 0.2) is 11.5 Å². The first-order valence-electron chi connectivity index (χ1n) is 4.61. The summed E-state index contributed by atoms with van der Waals surface area (Å²) in [4.78, 5) is 11.4. The van der Waals surface area contributed by atoms with Crippen molar-refractivity contribution < 1.29 is 9.53 Å². The summed E-state index contributed by atoms with van der Waals surface area (Å²) in [6.07, 6.45) is 1.63. The molecule has 0 aromatic rings. The number of carbonyl (C=O) groups is 1. The number of alkyl carbamates (subject to hydrolysis) is 1. The lowest BCUT2D eigenvalue weighted by atomic mass is 10.1. The molecule has 1 aliphatic rings. The Morgan fingerprint density at radius 2 is 2.21 bits per heavy atom. The number of amides is 1. The summed E-state index contributed by atoms with van der Waals surface area (Å²) in [7, 11) is 0. The average molecular weight is 215 g/mol. The van der Waals surface area contributed by atoms with E-state index in [0.717, 1.165) is 5.75 Å². The zero-order valence-corrected chi connectivity index (χ0v) is 9.90. The number of rotatable bonds is 1. The zero-order chi connectivity index (χ0) is 10.8. The van der Waals surface area contributed by atoms with Crippen molar-refractivity contribution in [1.29, 1.82) is 0 Å². The first-order chi connectivity index (χ1) is 6.31. The third-order valence-electron chi connectivity index (χ3n) is 1.70. The minimum atomic E-state index is -0.435. The standard InChI is InChI=1S/C10H17NO2S/c1-9(2,3)13-8(12)11-10(4)5-6-14-7-10/h5-6H,7H2,1-4H3,(H,11,12). The van der Waals surface area contributed by atoms with Gasteiger partial charge in [0.2, 0.25) is 0 Å². The third-order valence-corrected chi connectivity index (χ3v) is 2.80. The molecule has 0 saturated carbocycles. The van der Waals surface area contributed by atoms with Gasteiger partial charge in [0.15, 0.2) is 0 Å². The fraction of sp³-hybridized carbons (Fsp3) is 0.700. The SMILES string of the molecule is CC1(NC(=O)OC(C)(C)C)C=CSC1. The highest BCUT2D eigenvalue weighted by molar-refractivity contribution is 8.02. The maximum atomic E-state index is 11.4. The van der Waals surface area contributed by atoms with Crippen LogP contribution < -0.4 is 5.32 Å². The van der Waals surface area contributed by atoms with E-state index in [0.29, 0.717) is 0 Å². The topological polar surface area (TPSA) is 38.3 Å². The minimum absolute atomic E-state index is 0.257. The van der Waals surface area contributed by atoms with E-state index >= 15 is 0 Å². The lowest BCUT2D eigenvalue weighted by Crippen LogP contribution is -2.47. The summed E-state index contributed by atoms with van der Waals surface area (Å²) in [5.41, 5.74) is -0.692. The zero-order valence-electron chi connectivity index (χ0n) is 9.09. The van der Waals surface area contributed by atoms with Crippen molar-refractivity contribution >= 4 is 17.9 Å². The van der Waals surface area contributed by atoms with E-state index in [1.54, 1.807) is 11.8 Å². The van der Waals surface area contributed by atoms with Gasteiger partial charge in [-0.15, -0.1) is 11.8 Å². The number of ether oxygens (including phenoxy) is 1. The molecule has 14 heavy (non-hydrogen) atoms. The van der Waals surface area contributed by atoms with Gasteiger partial charge in [0.05, 0.1) is 5.54 Å². The molecule has 1 N–H and O–H groups in total. The molecule has 0 bridgehead atoms. The fourth-order valence-corrected chi connectivity index (χ4v) is 2.09. The van der Waals surface area contributed by atoms with E-state index in [9.17, 15) is 4.79 Å². The molecule has 1 unspecified atom stereocenters. The van der Waals surface area contributed by atoms with E-state index in [2.05, 4.69) is 5.32 Å². The van der Waals surface area contributed by atoms with Gasteiger partial charge in [0.1, 0.15) is 5.60 Å². The first kappa shape index (κ1) is 11.4. The summed E-state index contributed by atoms with van der Waals surface area (Å²) >= 11 is 1.69. The van der Waals surface area contributed by atoms with Gasteiger partial charge in [0.25, 0.3) is 0 Å². The van der Waals surface area contributed by atoms with Gasteiger partial charge in [-0.3, -0.25) is 0 Å². The van der Waals surface area contributed by atoms with Crippen molar-refractivity contribution in [3.05, 3.63) is 11.5 Å². The molecule has 0 radical (unpaired) electrons. The Bertz CT molecular complexity index is 257. The summed E-state index contributed by atoms with van der Waals surface area (Å²) in [6.45, 7) is 7.55. The quantitative estimate of drug-likeness (QED) is 0.730. The van der Waals surface area contributed by atoms with E-state index < -0.39 is 5.60 Å². The van der Waals surface area contributed by atoms with Crippen molar-refractivity contribution in [2.75, 3.05) is 5.75 Å². The monoisotopic (exact) mass is 215 g/mol. The molecule has 3 nitrogen and oxygen atoms in total. The second-order valence-electron chi connectivity index (χ2n) is 4.66. The molecule has 1 amide bonds. The van der Waals surface area contributed by atoms with Crippen molar-refractivity contribution in [2.45, 2.75) is 38.8 Å². The van der Waals surface area contributed by atoms with Crippen LogP contribution in [0.5, 0.6) is 0 Å². The summed E-state index contributed by atoms with van der Waals surface area (Å²) < 4.78 is 5.17. The lowest BCUT2D eigenvalue weighted by molar-refractivity contribution is 0.0493. The Hall–Kier alpha value is -0.640. The Morgan fingerprint density at radius 3 is 2.64 bits per heavy atom. The fourth-order valence-electron chi connectivity index (χ4n) is 1.08. The van der Waals surface area contributed by atoms with Crippen LogP contribution in [0.2, 0.25) is 0 Å². The van der Waals surface area contributed by atoms with Gasteiger partial charge in [0, 0.05) is 5.75 Å². The second-order valence-corrected chi connectivity index (χ2v) is 5.55. The molecular formula is C10H17NO2S. The molecule has 80 valence electrons. The maximum Gasteiger partial charge on any atom is 0.408 e. The van der Waals surface area contributed by atoms with Crippen molar-refractivity contribution in [3.63, 3.8) is 0 Å². The van der Waals surface area contributed by atoms with Gasteiger partial charge in [-0.25, -0.2) is 4.79 Å². The Morgan fingerprint density at radius 1 is 1.57 bits per heavy atom. The number of carbonyl (C=O) groups excluding carboxylic acids is 1. The van der Waals surface area contributed by atoms with E-state index in [1.807, 2.05) is 39.2 Å². The summed E-state index contributed by atoms with van der Waals surface area (Å²) in [6, 6.07) is 0. The van der Waals surface area contributed by atoms with Crippen LogP contribution in [-0.4, -0.2) is 23.0 Å². The molecule has 4 heteroatoms. The molecule has 1 atom stereocenters. The molecule has 0 aromatic heterocycles. The average Bonchev–Trinajstić information content (AvgIpc) is 2.30. The van der Waals surface area contributed by atoms with Gasteiger partial charge >= 0.3 is 6.09 Å². The molecule has 0 aromatic carbocycles. The third kappa shape index (κ3) is 3.62. The Kier molecular flexibility index (Phi) is 3.14. The van der Waals surface area contributed by atoms with E-state index in [4.69, 9.17) is 4.74 Å². The number of nitrogens with one attached hydrogen (secondary N) is 1. The number of hydrogen-bond donors (Lipinski definition) is 1. The van der Waals surface area contributed by atoms with E-state index in [1.165, 1.54) is 0 Å². The maximum absolute atomic E-state index is 11.4. The highest BCUT2D eigenvalue weighted by Crippen LogP contribution is 2.24. The highest BCUT2D eigenvalue weighted by Gasteiger charge is 2.28. The summed E-state index contributed by atoms with van der Waals surface area (Å²) in [5.74, 6) is 0.867. The second kappa shape index (κ2) is 3.85. The van der Waals surface area contributed by atoms with Crippen LogP contribution in [0.25, 0.3) is 0 Å². The smallest absolute Gasteiger partial charge is 0.408 e. The Balaban J connectivity index is 2.45. The number of hydrogen-bond acceptors (Lipinski definition) is 3. The molecule has 0 spiro atoms. The molecule has 1 aliphatic heterocycles. The largest absolute Gasteiger partial charge is 0.444 e. The van der Waals surface area contributed by atoms with Crippen molar-refractivity contribution in [2.24, 2.45) is 0 Å². The normalized spacial score (nSPS) is 26.3. The molecule has 1 heterocycles. The van der Waals surface area contributed by atoms with Crippen LogP contribution in [0, 0.1) is 0 Å². The molecule has 0 saturated heterocycles. The molecule has 0 fully saturated rings. The lowest BCUT2D eigenvalue weighted by Gasteiger charge is -2.26. The van der Waals surface area contributed by atoms with Crippen LogP contribution >= 0.6 is 11.8 Å².